The minimum absolute atomic E-state index is 0.407. The van der Waals surface area contributed by atoms with Gasteiger partial charge in [-0.3, -0.25) is 4.68 Å². The molecule has 1 heterocycles. The maximum atomic E-state index is 4.31. The largest absolute Gasteiger partial charge is 0.378 e. The van der Waals surface area contributed by atoms with Crippen LogP contribution in [0, 0.1) is 0 Å². The zero-order chi connectivity index (χ0) is 13.0. The van der Waals surface area contributed by atoms with E-state index < -0.39 is 0 Å². The third-order valence-electron chi connectivity index (χ3n) is 3.06. The third-order valence-corrected chi connectivity index (χ3v) is 3.06. The van der Waals surface area contributed by atoms with Gasteiger partial charge in [0.15, 0.2) is 0 Å². The molecule has 2 rings (SSSR count). The normalized spacial score (nSPS) is 10.9. The summed E-state index contributed by atoms with van der Waals surface area (Å²) in [6.07, 6.45) is 5.01. The quantitative estimate of drug-likeness (QED) is 0.869. The fourth-order valence-corrected chi connectivity index (χ4v) is 1.81. The third kappa shape index (κ3) is 3.13. The van der Waals surface area contributed by atoms with E-state index in [2.05, 4.69) is 55.5 Å². The van der Waals surface area contributed by atoms with E-state index in [9.17, 15) is 0 Å². The predicted octanol–water partition coefficient (Wildman–Crippen LogP) is 3.64. The van der Waals surface area contributed by atoms with Crippen LogP contribution in [0.5, 0.6) is 0 Å². The molecule has 0 amide bonds. The van der Waals surface area contributed by atoms with Gasteiger partial charge in [-0.1, -0.05) is 31.2 Å². The highest BCUT2D eigenvalue weighted by atomic mass is 15.3. The average Bonchev–Trinajstić information content (AvgIpc) is 2.86. The van der Waals surface area contributed by atoms with Gasteiger partial charge in [-0.05, 0) is 31.4 Å². The smallest absolute Gasteiger partial charge is 0.0729 e. The molecule has 0 fully saturated rings. The van der Waals surface area contributed by atoms with Gasteiger partial charge in [0.25, 0.3) is 0 Å². The number of hydrogen-bond acceptors (Lipinski definition) is 2. The molecular weight excluding hydrogens is 222 g/mol. The lowest BCUT2D eigenvalue weighted by molar-refractivity contribution is 0.532. The fourth-order valence-electron chi connectivity index (χ4n) is 1.81. The molecule has 0 aliphatic carbocycles. The predicted molar refractivity (Wildman–Crippen MR) is 75.8 cm³/mol. The Morgan fingerprint density at radius 2 is 1.83 bits per heavy atom. The number of hydrogen-bond donors (Lipinski definition) is 1. The number of rotatable bonds is 5. The second-order valence-electron chi connectivity index (χ2n) is 4.83. The standard InChI is InChI=1S/C15H21N3/c1-4-13-5-7-14(8-6-13)9-16-15-10-17-18(11-15)12(2)3/h5-8,10-12,16H,4,9H2,1-3H3. The minimum Gasteiger partial charge on any atom is -0.378 e. The van der Waals surface area contributed by atoms with Gasteiger partial charge in [0, 0.05) is 18.8 Å². The summed E-state index contributed by atoms with van der Waals surface area (Å²) in [5.74, 6) is 0. The van der Waals surface area contributed by atoms with Crippen LogP contribution in [0.2, 0.25) is 0 Å². The SMILES string of the molecule is CCc1ccc(CNc2cnn(C(C)C)c2)cc1. The van der Waals surface area contributed by atoms with Crippen LogP contribution in [0.4, 0.5) is 5.69 Å². The van der Waals surface area contributed by atoms with Gasteiger partial charge in [-0.2, -0.15) is 5.10 Å². The van der Waals surface area contributed by atoms with E-state index >= 15 is 0 Å². The summed E-state index contributed by atoms with van der Waals surface area (Å²) in [4.78, 5) is 0. The van der Waals surface area contributed by atoms with Gasteiger partial charge in [-0.15, -0.1) is 0 Å². The number of benzene rings is 1. The van der Waals surface area contributed by atoms with Gasteiger partial charge in [0.05, 0.1) is 11.9 Å². The van der Waals surface area contributed by atoms with Crippen LogP contribution in [0.25, 0.3) is 0 Å². The zero-order valence-corrected chi connectivity index (χ0v) is 11.4. The first kappa shape index (κ1) is 12.7. The van der Waals surface area contributed by atoms with Crippen molar-refractivity contribution in [1.29, 1.82) is 0 Å². The summed E-state index contributed by atoms with van der Waals surface area (Å²) >= 11 is 0. The molecule has 3 heteroatoms. The van der Waals surface area contributed by atoms with Crippen molar-refractivity contribution in [3.8, 4) is 0 Å². The highest BCUT2D eigenvalue weighted by molar-refractivity contribution is 5.39. The Morgan fingerprint density at radius 3 is 2.39 bits per heavy atom. The summed E-state index contributed by atoms with van der Waals surface area (Å²) < 4.78 is 1.96. The molecule has 0 bridgehead atoms. The Morgan fingerprint density at radius 1 is 1.17 bits per heavy atom. The zero-order valence-electron chi connectivity index (χ0n) is 11.4. The van der Waals surface area contributed by atoms with Gasteiger partial charge in [-0.25, -0.2) is 0 Å². The van der Waals surface area contributed by atoms with Crippen molar-refractivity contribution < 1.29 is 0 Å². The summed E-state index contributed by atoms with van der Waals surface area (Å²) in [5, 5.41) is 7.70. The number of nitrogens with one attached hydrogen (secondary N) is 1. The summed E-state index contributed by atoms with van der Waals surface area (Å²) in [6.45, 7) is 7.27. The minimum atomic E-state index is 0.407. The maximum absolute atomic E-state index is 4.31. The van der Waals surface area contributed by atoms with E-state index in [1.54, 1.807) is 0 Å². The molecule has 0 aliphatic rings. The Bertz CT molecular complexity index is 483. The van der Waals surface area contributed by atoms with Crippen LogP contribution in [-0.4, -0.2) is 9.78 Å². The second kappa shape index (κ2) is 5.71. The molecule has 0 atom stereocenters. The Labute approximate surface area is 109 Å². The summed E-state index contributed by atoms with van der Waals surface area (Å²) in [6, 6.07) is 9.14. The van der Waals surface area contributed by atoms with E-state index in [1.807, 2.05) is 17.1 Å². The first-order valence-electron chi connectivity index (χ1n) is 6.55. The molecule has 0 saturated carbocycles. The summed E-state index contributed by atoms with van der Waals surface area (Å²) in [5.41, 5.74) is 3.75. The number of aromatic nitrogens is 2. The van der Waals surface area contributed by atoms with Gasteiger partial charge < -0.3 is 5.32 Å². The van der Waals surface area contributed by atoms with Crippen molar-refractivity contribution >= 4 is 5.69 Å². The van der Waals surface area contributed by atoms with Crippen LogP contribution in [0.15, 0.2) is 36.7 Å². The highest BCUT2D eigenvalue weighted by Crippen LogP contribution is 2.12. The number of nitrogens with zero attached hydrogens (tertiary/aromatic N) is 2. The molecule has 0 saturated heterocycles. The Hall–Kier alpha value is -1.77. The molecule has 1 aromatic carbocycles. The first-order chi connectivity index (χ1) is 8.69. The lowest BCUT2D eigenvalue weighted by atomic mass is 10.1. The lowest BCUT2D eigenvalue weighted by Crippen LogP contribution is -2.01. The van der Waals surface area contributed by atoms with E-state index in [-0.39, 0.29) is 0 Å². The monoisotopic (exact) mass is 243 g/mol. The van der Waals surface area contributed by atoms with Crippen molar-refractivity contribution in [1.82, 2.24) is 9.78 Å². The Kier molecular flexibility index (Phi) is 4.03. The van der Waals surface area contributed by atoms with Gasteiger partial charge in [0.2, 0.25) is 0 Å². The molecule has 0 unspecified atom stereocenters. The molecule has 1 aromatic heterocycles. The van der Waals surface area contributed by atoms with Crippen molar-refractivity contribution in [2.45, 2.75) is 39.8 Å². The number of anilines is 1. The van der Waals surface area contributed by atoms with E-state index in [0.29, 0.717) is 6.04 Å². The van der Waals surface area contributed by atoms with Crippen molar-refractivity contribution in [3.63, 3.8) is 0 Å². The van der Waals surface area contributed by atoms with Crippen LogP contribution in [-0.2, 0) is 13.0 Å². The molecule has 0 aliphatic heterocycles. The van der Waals surface area contributed by atoms with Crippen LogP contribution >= 0.6 is 0 Å². The fraction of sp³-hybridized carbons (Fsp3) is 0.400. The van der Waals surface area contributed by atoms with E-state index in [4.69, 9.17) is 0 Å². The van der Waals surface area contributed by atoms with Crippen molar-refractivity contribution in [2.24, 2.45) is 0 Å². The molecule has 3 nitrogen and oxygen atoms in total. The molecule has 0 spiro atoms. The van der Waals surface area contributed by atoms with Gasteiger partial charge in [0.1, 0.15) is 0 Å². The van der Waals surface area contributed by atoms with E-state index in [0.717, 1.165) is 18.7 Å². The van der Waals surface area contributed by atoms with Gasteiger partial charge >= 0.3 is 0 Å². The van der Waals surface area contributed by atoms with Crippen molar-refractivity contribution in [3.05, 3.63) is 47.8 Å². The first-order valence-corrected chi connectivity index (χ1v) is 6.55. The topological polar surface area (TPSA) is 29.9 Å². The average molecular weight is 243 g/mol. The molecule has 18 heavy (non-hydrogen) atoms. The molecule has 2 aromatic rings. The highest BCUT2D eigenvalue weighted by Gasteiger charge is 2.01. The Balaban J connectivity index is 1.93. The molecule has 1 N–H and O–H groups in total. The lowest BCUT2D eigenvalue weighted by Gasteiger charge is -2.05. The van der Waals surface area contributed by atoms with Crippen LogP contribution < -0.4 is 5.32 Å². The molecular formula is C15H21N3. The molecule has 0 radical (unpaired) electrons. The number of aryl methyl sites for hydroxylation is 1. The summed E-state index contributed by atoms with van der Waals surface area (Å²) in [7, 11) is 0. The maximum Gasteiger partial charge on any atom is 0.0729 e. The van der Waals surface area contributed by atoms with E-state index in [1.165, 1.54) is 11.1 Å². The van der Waals surface area contributed by atoms with Crippen LogP contribution in [0.1, 0.15) is 37.9 Å². The second-order valence-corrected chi connectivity index (χ2v) is 4.83. The van der Waals surface area contributed by atoms with Crippen LogP contribution in [0.3, 0.4) is 0 Å². The molecule has 96 valence electrons. The van der Waals surface area contributed by atoms with Crippen molar-refractivity contribution in [2.75, 3.05) is 5.32 Å².